The van der Waals surface area contributed by atoms with E-state index in [-0.39, 0.29) is 24.8 Å². The Balaban J connectivity index is 1.60. The van der Waals surface area contributed by atoms with Crippen molar-refractivity contribution in [2.45, 2.75) is 12.1 Å². The van der Waals surface area contributed by atoms with Crippen LogP contribution >= 0.6 is 11.3 Å². The number of nitrogens with zero attached hydrogens (tertiary/aromatic N) is 2. The third-order valence-corrected chi connectivity index (χ3v) is 4.59. The first-order chi connectivity index (χ1) is 12.0. The Bertz CT molecular complexity index is 710. The van der Waals surface area contributed by atoms with Gasteiger partial charge in [0.05, 0.1) is 25.3 Å². The second-order valence-corrected chi connectivity index (χ2v) is 6.93. The quantitative estimate of drug-likeness (QED) is 0.729. The van der Waals surface area contributed by atoms with Crippen LogP contribution in [0.3, 0.4) is 0 Å². The summed E-state index contributed by atoms with van der Waals surface area (Å²) >= 11 is 1.35. The molecule has 1 aliphatic heterocycles. The van der Waals surface area contributed by atoms with Crippen molar-refractivity contribution in [3.8, 4) is 5.75 Å². The second kappa shape index (κ2) is 7.92. The molecule has 134 valence electrons. The van der Waals surface area contributed by atoms with Crippen molar-refractivity contribution < 1.29 is 19.7 Å². The first-order valence-corrected chi connectivity index (χ1v) is 8.95. The van der Waals surface area contributed by atoms with Gasteiger partial charge in [-0.25, -0.2) is 4.98 Å². The van der Waals surface area contributed by atoms with Crippen LogP contribution < -0.4 is 5.32 Å². The number of ether oxygens (including phenoxy) is 1. The highest BCUT2D eigenvalue weighted by Gasteiger charge is 2.33. The molecule has 0 saturated carbocycles. The van der Waals surface area contributed by atoms with E-state index in [0.717, 1.165) is 5.56 Å². The van der Waals surface area contributed by atoms with Crippen molar-refractivity contribution in [3.05, 3.63) is 46.4 Å². The lowest BCUT2D eigenvalue weighted by molar-refractivity contribution is -0.0345. The van der Waals surface area contributed by atoms with Crippen molar-refractivity contribution >= 4 is 17.2 Å². The zero-order chi connectivity index (χ0) is 17.7. The fourth-order valence-electron chi connectivity index (χ4n) is 2.81. The van der Waals surface area contributed by atoms with Gasteiger partial charge >= 0.3 is 0 Å². The topological polar surface area (TPSA) is 94.9 Å². The molecule has 2 heterocycles. The van der Waals surface area contributed by atoms with Gasteiger partial charge in [-0.05, 0) is 17.7 Å². The first-order valence-electron chi connectivity index (χ1n) is 8.01. The third-order valence-electron chi connectivity index (χ3n) is 4.00. The van der Waals surface area contributed by atoms with Gasteiger partial charge in [0.25, 0.3) is 5.91 Å². The highest BCUT2D eigenvalue weighted by molar-refractivity contribution is 7.07. The highest BCUT2D eigenvalue weighted by atomic mass is 32.1. The van der Waals surface area contributed by atoms with Crippen LogP contribution in [0.25, 0.3) is 0 Å². The number of phenolic OH excluding ortho intramolecular Hbond substituents is 1. The van der Waals surface area contributed by atoms with Crippen molar-refractivity contribution in [2.75, 3.05) is 32.8 Å². The molecule has 1 saturated heterocycles. The van der Waals surface area contributed by atoms with Crippen LogP contribution in [0, 0.1) is 0 Å². The maximum absolute atomic E-state index is 12.0. The van der Waals surface area contributed by atoms with E-state index in [1.807, 2.05) is 6.07 Å². The van der Waals surface area contributed by atoms with E-state index < -0.39 is 5.60 Å². The van der Waals surface area contributed by atoms with E-state index >= 15 is 0 Å². The predicted molar refractivity (Wildman–Crippen MR) is 93.6 cm³/mol. The summed E-state index contributed by atoms with van der Waals surface area (Å²) in [5.41, 5.74) is 1.71. The van der Waals surface area contributed by atoms with Gasteiger partial charge in [0.15, 0.2) is 0 Å². The molecule has 7 nitrogen and oxygen atoms in total. The van der Waals surface area contributed by atoms with Gasteiger partial charge in [0, 0.05) is 25.0 Å². The summed E-state index contributed by atoms with van der Waals surface area (Å²) in [5, 5.41) is 24.8. The van der Waals surface area contributed by atoms with Crippen molar-refractivity contribution in [1.29, 1.82) is 0 Å². The minimum Gasteiger partial charge on any atom is -0.508 e. The van der Waals surface area contributed by atoms with E-state index in [9.17, 15) is 15.0 Å². The lowest BCUT2D eigenvalue weighted by Crippen LogP contribution is -2.52. The van der Waals surface area contributed by atoms with Gasteiger partial charge in [0.1, 0.15) is 17.0 Å². The van der Waals surface area contributed by atoms with E-state index in [1.54, 1.807) is 29.1 Å². The molecular weight excluding hydrogens is 342 g/mol. The largest absolute Gasteiger partial charge is 0.508 e. The molecule has 3 rings (SSSR count). The van der Waals surface area contributed by atoms with Crippen LogP contribution in [0.4, 0.5) is 0 Å². The number of β-amino-alcohol motifs (C(OH)–C–C–N with tert-alkyl or cyclic N) is 1. The van der Waals surface area contributed by atoms with Gasteiger partial charge in [0.2, 0.25) is 0 Å². The molecular formula is C17H21N3O4S. The fourth-order valence-corrected chi connectivity index (χ4v) is 3.34. The number of phenols is 1. The minimum atomic E-state index is -1.18. The lowest BCUT2D eigenvalue weighted by atomic mass is 10.0. The Labute approximate surface area is 149 Å². The zero-order valence-corrected chi connectivity index (χ0v) is 14.5. The Kier molecular flexibility index (Phi) is 5.64. The van der Waals surface area contributed by atoms with Gasteiger partial charge in [-0.1, -0.05) is 12.1 Å². The average molecular weight is 363 g/mol. The Morgan fingerprint density at radius 1 is 1.48 bits per heavy atom. The second-order valence-electron chi connectivity index (χ2n) is 6.21. The van der Waals surface area contributed by atoms with Crippen LogP contribution in [0.15, 0.2) is 35.2 Å². The molecule has 0 spiro atoms. The number of carbonyl (C=O) groups excluding carboxylic acids is 1. The lowest BCUT2D eigenvalue weighted by Gasteiger charge is -2.30. The van der Waals surface area contributed by atoms with Crippen LogP contribution in [0.5, 0.6) is 5.75 Å². The number of aliphatic hydroxyl groups is 1. The highest BCUT2D eigenvalue weighted by Crippen LogP contribution is 2.17. The molecule has 1 amide bonds. The standard InChI is InChI=1S/C17H21N3O4S/c21-14-3-1-2-13(6-14)7-20-4-5-24-11-17(23,10-20)9-18-16(22)15-8-25-12-19-15/h1-3,6,8,12,21,23H,4-5,7,9-11H2,(H,18,22)/t17-/m0/s1. The monoisotopic (exact) mass is 363 g/mol. The molecule has 0 bridgehead atoms. The Morgan fingerprint density at radius 3 is 3.12 bits per heavy atom. The smallest absolute Gasteiger partial charge is 0.270 e. The maximum atomic E-state index is 12.0. The number of rotatable bonds is 5. The minimum absolute atomic E-state index is 0.0832. The molecule has 25 heavy (non-hydrogen) atoms. The molecule has 1 atom stereocenters. The van der Waals surface area contributed by atoms with Crippen molar-refractivity contribution in [1.82, 2.24) is 15.2 Å². The summed E-state index contributed by atoms with van der Waals surface area (Å²) in [6, 6.07) is 7.04. The Morgan fingerprint density at radius 2 is 2.36 bits per heavy atom. The number of benzene rings is 1. The van der Waals surface area contributed by atoms with Gasteiger partial charge < -0.3 is 20.3 Å². The number of aromatic nitrogens is 1. The molecule has 0 radical (unpaired) electrons. The van der Waals surface area contributed by atoms with Gasteiger partial charge in [-0.15, -0.1) is 11.3 Å². The molecule has 0 aliphatic carbocycles. The number of hydrogen-bond donors (Lipinski definition) is 3. The molecule has 1 aromatic heterocycles. The first kappa shape index (κ1) is 17.8. The summed E-state index contributed by atoms with van der Waals surface area (Å²) in [4.78, 5) is 18.0. The fraction of sp³-hybridized carbons (Fsp3) is 0.412. The van der Waals surface area contributed by atoms with Crippen molar-refractivity contribution in [3.63, 3.8) is 0 Å². The molecule has 1 fully saturated rings. The summed E-state index contributed by atoms with van der Waals surface area (Å²) in [5.74, 6) is -0.0900. The van der Waals surface area contributed by atoms with Crippen LogP contribution in [-0.4, -0.2) is 64.5 Å². The summed E-state index contributed by atoms with van der Waals surface area (Å²) < 4.78 is 5.52. The van der Waals surface area contributed by atoms with E-state index in [0.29, 0.717) is 31.9 Å². The molecule has 2 aromatic rings. The van der Waals surface area contributed by atoms with Crippen molar-refractivity contribution in [2.24, 2.45) is 0 Å². The van der Waals surface area contributed by atoms with Gasteiger partial charge in [-0.2, -0.15) is 0 Å². The van der Waals surface area contributed by atoms with E-state index in [4.69, 9.17) is 4.74 Å². The molecule has 1 aromatic carbocycles. The Hall–Kier alpha value is -2.00. The predicted octanol–water partition coefficient (Wildman–Crippen LogP) is 0.842. The molecule has 0 unspecified atom stereocenters. The zero-order valence-electron chi connectivity index (χ0n) is 13.7. The SMILES string of the molecule is O=C(NC[C@@]1(O)COCCN(Cc2cccc(O)c2)C1)c1cscn1. The number of amides is 1. The normalized spacial score (nSPS) is 21.6. The summed E-state index contributed by atoms with van der Waals surface area (Å²) in [7, 11) is 0. The number of carbonyl (C=O) groups is 1. The van der Waals surface area contributed by atoms with E-state index in [1.165, 1.54) is 11.3 Å². The number of thiazole rings is 1. The third kappa shape index (κ3) is 4.99. The number of hydrogen-bond acceptors (Lipinski definition) is 7. The molecule has 3 N–H and O–H groups in total. The maximum Gasteiger partial charge on any atom is 0.270 e. The summed E-state index contributed by atoms with van der Waals surface area (Å²) in [6.45, 7) is 2.35. The average Bonchev–Trinajstić information content (AvgIpc) is 3.05. The summed E-state index contributed by atoms with van der Waals surface area (Å²) in [6.07, 6.45) is 0. The van der Waals surface area contributed by atoms with E-state index in [2.05, 4.69) is 15.2 Å². The van der Waals surface area contributed by atoms with Crippen LogP contribution in [-0.2, 0) is 11.3 Å². The van der Waals surface area contributed by atoms with Crippen LogP contribution in [0.2, 0.25) is 0 Å². The molecule has 1 aliphatic rings. The molecule has 8 heteroatoms. The van der Waals surface area contributed by atoms with Gasteiger partial charge in [-0.3, -0.25) is 9.69 Å². The number of aromatic hydroxyl groups is 1. The number of nitrogens with one attached hydrogen (secondary N) is 1. The van der Waals surface area contributed by atoms with Crippen LogP contribution in [0.1, 0.15) is 16.1 Å².